The van der Waals surface area contributed by atoms with Gasteiger partial charge in [0.05, 0.1) is 12.8 Å². The number of aromatic amines is 1. The third-order valence-electron chi connectivity index (χ3n) is 5.39. The van der Waals surface area contributed by atoms with Crippen molar-refractivity contribution in [2.75, 3.05) is 6.54 Å². The van der Waals surface area contributed by atoms with Gasteiger partial charge in [-0.25, -0.2) is 5.01 Å². The number of aromatic nitrogens is 1. The molecule has 6 nitrogen and oxygen atoms in total. The molecule has 0 saturated carbocycles. The standard InChI is InChI=1S/C21H17ClN4O2/c22-16-7-3-1-5-13(16)10-23-26-12-20(27)25-11-18-15(9-19(25)21(26)28)14-6-2-4-8-17(14)24-18/h1-8,10,19,24H,9,11-12H2/t19-/m1/s1. The first-order chi connectivity index (χ1) is 13.6. The number of fused-ring (bicyclic) bond motifs is 4. The van der Waals surface area contributed by atoms with Gasteiger partial charge in [0.25, 0.3) is 5.91 Å². The normalized spacial score (nSPS) is 19.4. The van der Waals surface area contributed by atoms with Gasteiger partial charge in [0.2, 0.25) is 5.91 Å². The Balaban J connectivity index is 1.46. The van der Waals surface area contributed by atoms with Crippen molar-refractivity contribution in [2.45, 2.75) is 19.0 Å². The van der Waals surface area contributed by atoms with Crippen molar-refractivity contribution in [1.82, 2.24) is 14.9 Å². The number of carbonyl (C=O) groups excluding carboxylic acids is 2. The van der Waals surface area contributed by atoms with Crippen LogP contribution in [0.25, 0.3) is 10.9 Å². The number of benzene rings is 2. The molecule has 2 aromatic carbocycles. The zero-order valence-electron chi connectivity index (χ0n) is 14.9. The van der Waals surface area contributed by atoms with Crippen LogP contribution in [-0.2, 0) is 22.6 Å². The smallest absolute Gasteiger partial charge is 0.266 e. The van der Waals surface area contributed by atoms with Crippen LogP contribution in [0, 0.1) is 0 Å². The monoisotopic (exact) mass is 392 g/mol. The van der Waals surface area contributed by atoms with Gasteiger partial charge < -0.3 is 9.88 Å². The van der Waals surface area contributed by atoms with Crippen LogP contribution in [0.15, 0.2) is 53.6 Å². The summed E-state index contributed by atoms with van der Waals surface area (Å²) in [6.07, 6.45) is 2.02. The molecule has 28 heavy (non-hydrogen) atoms. The molecule has 1 aromatic heterocycles. The van der Waals surface area contributed by atoms with E-state index in [0.717, 1.165) is 22.2 Å². The minimum absolute atomic E-state index is 0.0636. The highest BCUT2D eigenvalue weighted by molar-refractivity contribution is 6.33. The topological polar surface area (TPSA) is 68.8 Å². The summed E-state index contributed by atoms with van der Waals surface area (Å²) in [6, 6.07) is 14.7. The molecule has 0 unspecified atom stereocenters. The summed E-state index contributed by atoms with van der Waals surface area (Å²) >= 11 is 6.14. The van der Waals surface area contributed by atoms with Crippen molar-refractivity contribution >= 4 is 40.5 Å². The van der Waals surface area contributed by atoms with Crippen molar-refractivity contribution in [1.29, 1.82) is 0 Å². The molecule has 7 heteroatoms. The number of para-hydroxylation sites is 1. The van der Waals surface area contributed by atoms with E-state index >= 15 is 0 Å². The van der Waals surface area contributed by atoms with Crippen LogP contribution in [0.5, 0.6) is 0 Å². The fraction of sp³-hybridized carbons (Fsp3) is 0.190. The second-order valence-electron chi connectivity index (χ2n) is 7.03. The number of halogens is 1. The van der Waals surface area contributed by atoms with Gasteiger partial charge in [-0.2, -0.15) is 5.10 Å². The number of carbonyl (C=O) groups is 2. The molecule has 0 aliphatic carbocycles. The van der Waals surface area contributed by atoms with Crippen LogP contribution in [0.2, 0.25) is 5.02 Å². The zero-order valence-corrected chi connectivity index (χ0v) is 15.7. The van der Waals surface area contributed by atoms with Gasteiger partial charge in [0.15, 0.2) is 0 Å². The molecule has 0 bridgehead atoms. The Morgan fingerprint density at radius 2 is 1.86 bits per heavy atom. The molecular formula is C21H17ClN4O2. The Labute approximate surface area is 166 Å². The molecule has 3 aromatic rings. The number of nitrogens with one attached hydrogen (secondary N) is 1. The molecule has 5 rings (SSSR count). The second kappa shape index (κ2) is 6.49. The van der Waals surface area contributed by atoms with Crippen LogP contribution >= 0.6 is 11.6 Å². The molecule has 1 N–H and O–H groups in total. The number of amides is 2. The first-order valence-corrected chi connectivity index (χ1v) is 9.47. The third-order valence-corrected chi connectivity index (χ3v) is 5.73. The van der Waals surface area contributed by atoms with Crippen LogP contribution in [0.1, 0.15) is 16.8 Å². The lowest BCUT2D eigenvalue weighted by Gasteiger charge is -2.40. The molecule has 3 heterocycles. The lowest BCUT2D eigenvalue weighted by molar-refractivity contribution is -0.157. The fourth-order valence-electron chi connectivity index (χ4n) is 3.97. The summed E-state index contributed by atoms with van der Waals surface area (Å²) in [7, 11) is 0. The van der Waals surface area contributed by atoms with Crippen molar-refractivity contribution in [3.05, 3.63) is 70.4 Å². The van der Waals surface area contributed by atoms with Gasteiger partial charge in [-0.15, -0.1) is 0 Å². The van der Waals surface area contributed by atoms with Crippen LogP contribution < -0.4 is 0 Å². The Hall–Kier alpha value is -3.12. The first-order valence-electron chi connectivity index (χ1n) is 9.09. The number of nitrogens with zero attached hydrogens (tertiary/aromatic N) is 3. The van der Waals surface area contributed by atoms with E-state index in [9.17, 15) is 9.59 Å². The van der Waals surface area contributed by atoms with Gasteiger partial charge in [-0.05, 0) is 17.7 Å². The quantitative estimate of drug-likeness (QED) is 0.681. The minimum Gasteiger partial charge on any atom is -0.357 e. The number of H-pyrrole nitrogens is 1. The first kappa shape index (κ1) is 17.0. The minimum atomic E-state index is -0.531. The number of rotatable bonds is 2. The van der Waals surface area contributed by atoms with Crippen molar-refractivity contribution in [3.63, 3.8) is 0 Å². The van der Waals surface area contributed by atoms with E-state index in [1.807, 2.05) is 42.5 Å². The van der Waals surface area contributed by atoms with E-state index in [-0.39, 0.29) is 18.4 Å². The van der Waals surface area contributed by atoms with Gasteiger partial charge in [0.1, 0.15) is 12.6 Å². The molecule has 1 atom stereocenters. The van der Waals surface area contributed by atoms with E-state index in [4.69, 9.17) is 11.6 Å². The van der Waals surface area contributed by atoms with Crippen LogP contribution in [-0.4, -0.2) is 45.5 Å². The fourth-order valence-corrected chi connectivity index (χ4v) is 4.15. The summed E-state index contributed by atoms with van der Waals surface area (Å²) in [5.74, 6) is -0.274. The largest absolute Gasteiger partial charge is 0.357 e. The summed E-state index contributed by atoms with van der Waals surface area (Å²) in [5.41, 5.74) is 3.84. The van der Waals surface area contributed by atoms with Crippen LogP contribution in [0.4, 0.5) is 0 Å². The highest BCUT2D eigenvalue weighted by atomic mass is 35.5. The molecule has 0 radical (unpaired) electrons. The predicted octanol–water partition coefficient (Wildman–Crippen LogP) is 2.95. The predicted molar refractivity (Wildman–Crippen MR) is 107 cm³/mol. The van der Waals surface area contributed by atoms with Crippen molar-refractivity contribution in [3.8, 4) is 0 Å². The Bertz CT molecular complexity index is 1140. The number of hydrogen-bond donors (Lipinski definition) is 1. The van der Waals surface area contributed by atoms with E-state index in [1.165, 1.54) is 11.2 Å². The SMILES string of the molecule is O=C1[C@H]2Cc3c([nH]c4ccccc34)CN2C(=O)CN1N=Cc1ccccc1Cl. The van der Waals surface area contributed by atoms with E-state index in [0.29, 0.717) is 23.6 Å². The highest BCUT2D eigenvalue weighted by Gasteiger charge is 2.43. The number of hydrazone groups is 1. The molecule has 140 valence electrons. The van der Waals surface area contributed by atoms with Crippen molar-refractivity contribution in [2.24, 2.45) is 5.10 Å². The second-order valence-corrected chi connectivity index (χ2v) is 7.44. The summed E-state index contributed by atoms with van der Waals surface area (Å²) in [5, 5.41) is 7.17. The van der Waals surface area contributed by atoms with E-state index in [1.54, 1.807) is 11.0 Å². The van der Waals surface area contributed by atoms with Crippen molar-refractivity contribution < 1.29 is 9.59 Å². The van der Waals surface area contributed by atoms with Gasteiger partial charge in [-0.1, -0.05) is 48.0 Å². The van der Waals surface area contributed by atoms with E-state index in [2.05, 4.69) is 10.1 Å². The lowest BCUT2D eigenvalue weighted by Crippen LogP contribution is -2.60. The summed E-state index contributed by atoms with van der Waals surface area (Å²) in [6.45, 7) is 0.354. The zero-order chi connectivity index (χ0) is 19.3. The number of hydrogen-bond acceptors (Lipinski definition) is 3. The summed E-state index contributed by atoms with van der Waals surface area (Å²) < 4.78 is 0. The molecule has 1 fully saturated rings. The Kier molecular flexibility index (Phi) is 3.94. The Morgan fingerprint density at radius 3 is 2.71 bits per heavy atom. The lowest BCUT2D eigenvalue weighted by atomic mass is 9.94. The molecule has 2 aliphatic heterocycles. The molecule has 2 amide bonds. The van der Waals surface area contributed by atoms with Gasteiger partial charge in [0, 0.05) is 33.6 Å². The molecule has 1 saturated heterocycles. The van der Waals surface area contributed by atoms with E-state index < -0.39 is 6.04 Å². The Morgan fingerprint density at radius 1 is 1.07 bits per heavy atom. The van der Waals surface area contributed by atoms with Crippen LogP contribution in [0.3, 0.4) is 0 Å². The third kappa shape index (κ3) is 2.68. The molecule has 2 aliphatic rings. The highest BCUT2D eigenvalue weighted by Crippen LogP contribution is 2.32. The number of piperazine rings is 1. The maximum atomic E-state index is 13.1. The summed E-state index contributed by atoms with van der Waals surface area (Å²) in [4.78, 5) is 30.8. The maximum Gasteiger partial charge on any atom is 0.266 e. The maximum absolute atomic E-state index is 13.1. The van der Waals surface area contributed by atoms with Gasteiger partial charge in [-0.3, -0.25) is 9.59 Å². The van der Waals surface area contributed by atoms with Gasteiger partial charge >= 0.3 is 0 Å². The molecular weight excluding hydrogens is 376 g/mol. The average molecular weight is 393 g/mol. The molecule has 0 spiro atoms. The average Bonchev–Trinajstić information content (AvgIpc) is 3.07.